The molecule has 0 fully saturated rings. The van der Waals surface area contributed by atoms with Gasteiger partial charge in [-0.05, 0) is 40.5 Å². The number of amides is 1. The topological polar surface area (TPSA) is 37.4 Å². The number of hydrogen-bond acceptors (Lipinski definition) is 2. The number of nitrogens with zero attached hydrogens (tertiary/aromatic N) is 1. The Morgan fingerprint density at radius 3 is 2.18 bits per heavy atom. The number of carbonyl (C=O) groups excluding carboxylic acids is 2. The van der Waals surface area contributed by atoms with Crippen LogP contribution in [0.25, 0.3) is 0 Å². The highest BCUT2D eigenvalue weighted by Gasteiger charge is 2.60. The van der Waals surface area contributed by atoms with E-state index in [0.29, 0.717) is 12.1 Å². The van der Waals surface area contributed by atoms with Gasteiger partial charge in [0, 0.05) is 28.1 Å². The molecule has 4 aromatic rings. The summed E-state index contributed by atoms with van der Waals surface area (Å²) in [6.07, 6.45) is 0.290. The molecule has 0 aromatic heterocycles. The first-order valence-electron chi connectivity index (χ1n) is 11.4. The molecule has 0 bridgehead atoms. The minimum absolute atomic E-state index is 0.0328. The molecular formula is C30H22BrNO2. The van der Waals surface area contributed by atoms with E-state index in [2.05, 4.69) is 22.0 Å². The third kappa shape index (κ3) is 3.02. The van der Waals surface area contributed by atoms with E-state index in [9.17, 15) is 9.59 Å². The van der Waals surface area contributed by atoms with Gasteiger partial charge in [0.25, 0.3) is 0 Å². The fourth-order valence-corrected chi connectivity index (χ4v) is 6.03. The minimum atomic E-state index is -0.955. The average molecular weight is 508 g/mol. The largest absolute Gasteiger partial charge is 0.307 e. The Morgan fingerprint density at radius 2 is 1.41 bits per heavy atom. The molecule has 166 valence electrons. The van der Waals surface area contributed by atoms with Gasteiger partial charge in [0.05, 0.1) is 6.54 Å². The molecule has 0 radical (unpaired) electrons. The fraction of sp³-hybridized carbons (Fsp3) is 0.133. The molecule has 1 amide bonds. The molecule has 1 aliphatic heterocycles. The van der Waals surface area contributed by atoms with Gasteiger partial charge in [-0.3, -0.25) is 9.59 Å². The lowest BCUT2D eigenvalue weighted by atomic mass is 9.58. The van der Waals surface area contributed by atoms with Gasteiger partial charge < -0.3 is 4.90 Å². The van der Waals surface area contributed by atoms with E-state index in [1.54, 1.807) is 0 Å². The number of ketones is 1. The lowest BCUT2D eigenvalue weighted by Gasteiger charge is -2.41. The molecule has 1 aliphatic carbocycles. The van der Waals surface area contributed by atoms with E-state index >= 15 is 0 Å². The molecule has 4 aromatic carbocycles. The van der Waals surface area contributed by atoms with Crippen LogP contribution in [0.5, 0.6) is 0 Å². The second-order valence-electron chi connectivity index (χ2n) is 8.98. The lowest BCUT2D eigenvalue weighted by molar-refractivity contribution is -0.122. The van der Waals surface area contributed by atoms with Crippen molar-refractivity contribution in [3.05, 3.63) is 135 Å². The first-order chi connectivity index (χ1) is 16.6. The van der Waals surface area contributed by atoms with E-state index in [1.165, 1.54) is 0 Å². The Morgan fingerprint density at radius 1 is 0.765 bits per heavy atom. The predicted octanol–water partition coefficient (Wildman–Crippen LogP) is 6.65. The molecule has 3 nitrogen and oxygen atoms in total. The summed E-state index contributed by atoms with van der Waals surface area (Å²) in [6.45, 7) is 0.488. The maximum atomic E-state index is 14.7. The zero-order chi connectivity index (χ0) is 23.3. The van der Waals surface area contributed by atoms with Crippen LogP contribution in [-0.4, -0.2) is 11.7 Å². The smallest absolute Gasteiger partial charge is 0.243 e. The summed E-state index contributed by atoms with van der Waals surface area (Å²) in [5.74, 6) is -0.177. The van der Waals surface area contributed by atoms with Crippen molar-refractivity contribution in [2.75, 3.05) is 4.90 Å². The van der Waals surface area contributed by atoms with Crippen molar-refractivity contribution in [3.8, 4) is 0 Å². The van der Waals surface area contributed by atoms with Crippen molar-refractivity contribution in [1.82, 2.24) is 0 Å². The summed E-state index contributed by atoms with van der Waals surface area (Å²) in [4.78, 5) is 29.9. The van der Waals surface area contributed by atoms with Gasteiger partial charge in [0.2, 0.25) is 5.91 Å². The van der Waals surface area contributed by atoms with Gasteiger partial charge in [-0.2, -0.15) is 0 Å². The van der Waals surface area contributed by atoms with Crippen LogP contribution in [0.2, 0.25) is 0 Å². The molecule has 0 saturated carbocycles. The Balaban J connectivity index is 1.62. The Labute approximate surface area is 207 Å². The third-order valence-electron chi connectivity index (χ3n) is 7.22. The van der Waals surface area contributed by atoms with Crippen LogP contribution in [0.4, 0.5) is 5.69 Å². The van der Waals surface area contributed by atoms with Crippen molar-refractivity contribution in [1.29, 1.82) is 0 Å². The third-order valence-corrected chi connectivity index (χ3v) is 7.75. The summed E-state index contributed by atoms with van der Waals surface area (Å²) in [5, 5.41) is 0. The molecule has 0 N–H and O–H groups in total. The minimum Gasteiger partial charge on any atom is -0.307 e. The molecule has 2 atom stereocenters. The van der Waals surface area contributed by atoms with Crippen LogP contribution in [0.15, 0.2) is 108 Å². The number of fused-ring (bicyclic) bond motifs is 4. The van der Waals surface area contributed by atoms with Crippen molar-refractivity contribution >= 4 is 33.3 Å². The maximum Gasteiger partial charge on any atom is 0.243 e. The normalized spacial score (nSPS) is 21.0. The quantitative estimate of drug-likeness (QED) is 0.311. The van der Waals surface area contributed by atoms with Crippen LogP contribution in [0, 0.1) is 0 Å². The van der Waals surface area contributed by atoms with Crippen LogP contribution in [0.3, 0.4) is 0 Å². The van der Waals surface area contributed by atoms with E-state index < -0.39 is 5.41 Å². The van der Waals surface area contributed by atoms with Gasteiger partial charge in [-0.25, -0.2) is 0 Å². The number of rotatable bonds is 3. The lowest BCUT2D eigenvalue weighted by Crippen LogP contribution is -2.49. The van der Waals surface area contributed by atoms with Crippen molar-refractivity contribution in [2.45, 2.75) is 24.3 Å². The van der Waals surface area contributed by atoms with Gasteiger partial charge in [0.15, 0.2) is 5.78 Å². The number of Topliss-reactive ketones (excluding diaryl/α,β-unsaturated/α-hetero) is 1. The monoisotopic (exact) mass is 507 g/mol. The number of hydrogen-bond donors (Lipinski definition) is 0. The molecule has 2 aliphatic rings. The van der Waals surface area contributed by atoms with Gasteiger partial charge >= 0.3 is 0 Å². The molecule has 0 saturated heterocycles. The highest BCUT2D eigenvalue weighted by molar-refractivity contribution is 9.10. The first-order valence-corrected chi connectivity index (χ1v) is 12.2. The van der Waals surface area contributed by atoms with E-state index in [1.807, 2.05) is 102 Å². The zero-order valence-electron chi connectivity index (χ0n) is 18.4. The number of para-hydroxylation sites is 1. The van der Waals surface area contributed by atoms with E-state index in [0.717, 1.165) is 32.4 Å². The average Bonchev–Trinajstić information content (AvgIpc) is 3.11. The Bertz CT molecular complexity index is 1410. The number of halogens is 1. The second-order valence-corrected chi connectivity index (χ2v) is 9.89. The summed E-state index contributed by atoms with van der Waals surface area (Å²) in [5.41, 5.74) is 4.47. The van der Waals surface area contributed by atoms with E-state index in [-0.39, 0.29) is 24.0 Å². The first kappa shape index (κ1) is 21.1. The highest BCUT2D eigenvalue weighted by atomic mass is 79.9. The molecule has 1 spiro atoms. The Kier molecular flexibility index (Phi) is 5.00. The zero-order valence-corrected chi connectivity index (χ0v) is 20.0. The van der Waals surface area contributed by atoms with Crippen LogP contribution in [-0.2, 0) is 16.8 Å². The summed E-state index contributed by atoms with van der Waals surface area (Å²) in [7, 11) is 0. The van der Waals surface area contributed by atoms with Crippen molar-refractivity contribution < 1.29 is 9.59 Å². The predicted molar refractivity (Wildman–Crippen MR) is 137 cm³/mol. The number of carbonyl (C=O) groups is 2. The van der Waals surface area contributed by atoms with Crippen LogP contribution >= 0.6 is 15.9 Å². The molecule has 34 heavy (non-hydrogen) atoms. The van der Waals surface area contributed by atoms with Crippen molar-refractivity contribution in [3.63, 3.8) is 0 Å². The summed E-state index contributed by atoms with van der Waals surface area (Å²) >= 11 is 3.52. The van der Waals surface area contributed by atoms with Crippen LogP contribution < -0.4 is 4.90 Å². The van der Waals surface area contributed by atoms with Crippen molar-refractivity contribution in [2.24, 2.45) is 0 Å². The van der Waals surface area contributed by atoms with Gasteiger partial charge in [-0.15, -0.1) is 0 Å². The standard InChI is InChI=1S/C30H22BrNO2/c31-22-16-14-21(15-17-22)26-18-28(33)23-10-4-5-11-24(23)30(26)25-12-6-7-13-27(25)32(29(30)34)19-20-8-2-1-3-9-20/h1-17,26H,18-19H2/t26-,30-/m0/s1. The van der Waals surface area contributed by atoms with Gasteiger partial charge in [-0.1, -0.05) is 101 Å². The van der Waals surface area contributed by atoms with E-state index in [4.69, 9.17) is 0 Å². The second kappa shape index (κ2) is 8.07. The molecule has 6 rings (SSSR count). The Hall–Kier alpha value is -3.50. The molecular weight excluding hydrogens is 486 g/mol. The number of benzene rings is 4. The molecule has 0 unspecified atom stereocenters. The molecule has 4 heteroatoms. The summed E-state index contributed by atoms with van der Waals surface area (Å²) in [6, 6.07) is 33.9. The van der Waals surface area contributed by atoms with Crippen LogP contribution in [0.1, 0.15) is 45.0 Å². The molecule has 1 heterocycles. The number of anilines is 1. The SMILES string of the molecule is O=C1C[C@@H](c2ccc(Br)cc2)[C@]2(C(=O)N(Cc3ccccc3)c3ccccc32)c2ccccc21. The maximum absolute atomic E-state index is 14.7. The highest BCUT2D eigenvalue weighted by Crippen LogP contribution is 2.58. The fourth-order valence-electron chi connectivity index (χ4n) is 5.77. The van der Waals surface area contributed by atoms with Gasteiger partial charge in [0.1, 0.15) is 5.41 Å². The summed E-state index contributed by atoms with van der Waals surface area (Å²) < 4.78 is 0.969.